The lowest BCUT2D eigenvalue weighted by molar-refractivity contribution is -0.841. The second kappa shape index (κ2) is 6.17. The first-order valence-electron chi connectivity index (χ1n) is 4.25. The Labute approximate surface area is 101 Å². The molecule has 0 aromatic heterocycles. The van der Waals surface area contributed by atoms with E-state index in [2.05, 4.69) is 4.84 Å². The fourth-order valence-electron chi connectivity index (χ4n) is 0.854. The van der Waals surface area contributed by atoms with Gasteiger partial charge in [0, 0.05) is 0 Å². The van der Waals surface area contributed by atoms with Gasteiger partial charge in [-0.1, -0.05) is 4.39 Å². The Morgan fingerprint density at radius 2 is 1.53 bits per heavy atom. The van der Waals surface area contributed by atoms with Crippen LogP contribution in [0.4, 0.5) is 4.39 Å². The normalized spacial score (nSPS) is 10.6. The maximum atomic E-state index is 13.3. The van der Waals surface area contributed by atoms with Crippen LogP contribution < -0.4 is 0 Å². The van der Waals surface area contributed by atoms with E-state index in [9.17, 15) is 44.8 Å². The minimum Gasteiger partial charge on any atom is -0.312 e. The Bertz CT molecular complexity index is 386. The summed E-state index contributed by atoms with van der Waals surface area (Å²) >= 11 is 0. The minimum atomic E-state index is -4.30. The van der Waals surface area contributed by atoms with Crippen LogP contribution >= 0.6 is 0 Å². The third-order valence-corrected chi connectivity index (χ3v) is 1.72. The molecule has 0 aliphatic rings. The molecule has 0 saturated carbocycles. The highest BCUT2D eigenvalue weighted by molar-refractivity contribution is 4.57. The summed E-state index contributed by atoms with van der Waals surface area (Å²) in [5, 5.41) is 37.6. The Balaban J connectivity index is 4.82. The van der Waals surface area contributed by atoms with Gasteiger partial charge in [-0.25, -0.2) is 10.1 Å². The van der Waals surface area contributed by atoms with Crippen molar-refractivity contribution >= 4 is 0 Å². The van der Waals surface area contributed by atoms with Crippen molar-refractivity contribution in [2.75, 3.05) is 19.7 Å². The highest BCUT2D eigenvalue weighted by atomic mass is 19.2. The fourth-order valence-corrected chi connectivity index (χ4v) is 0.854. The standard InChI is InChI=1S/C4H6FN5O9/c5-4(7(11)12,8(13)14)3-6(9(15)16)1-2-19-10(17)18/h1-3H2. The topological polar surface area (TPSA) is 185 Å². The Hall–Kier alpha value is -2.87. The predicted octanol–water partition coefficient (Wildman–Crippen LogP) is -1.13. The molecule has 0 saturated heterocycles. The molecule has 15 heteroatoms. The quantitative estimate of drug-likeness (QED) is 0.217. The van der Waals surface area contributed by atoms with E-state index < -0.39 is 45.6 Å². The van der Waals surface area contributed by atoms with Crippen molar-refractivity contribution in [1.29, 1.82) is 0 Å². The molecule has 0 N–H and O–H groups in total. The molecule has 0 unspecified atom stereocenters. The molecule has 0 fully saturated rings. The Morgan fingerprint density at radius 1 is 1.05 bits per heavy atom. The van der Waals surface area contributed by atoms with Crippen LogP contribution in [0.3, 0.4) is 0 Å². The maximum Gasteiger partial charge on any atom is 0.637 e. The molecule has 0 aromatic rings. The van der Waals surface area contributed by atoms with E-state index >= 15 is 0 Å². The van der Waals surface area contributed by atoms with Crippen LogP contribution in [0.5, 0.6) is 0 Å². The average Bonchev–Trinajstić information content (AvgIpc) is 2.26. The van der Waals surface area contributed by atoms with Crippen LogP contribution in [0, 0.1) is 40.5 Å². The van der Waals surface area contributed by atoms with E-state index in [0.29, 0.717) is 0 Å². The van der Waals surface area contributed by atoms with Gasteiger partial charge in [0.25, 0.3) is 11.6 Å². The Kier molecular flexibility index (Phi) is 5.24. The molecule has 0 aliphatic carbocycles. The summed E-state index contributed by atoms with van der Waals surface area (Å²) in [5.74, 6) is -4.30. The number of hydrogen-bond donors (Lipinski definition) is 0. The van der Waals surface area contributed by atoms with Crippen molar-refractivity contribution in [3.8, 4) is 0 Å². The lowest BCUT2D eigenvalue weighted by Gasteiger charge is -2.14. The number of hydrazine groups is 1. The van der Waals surface area contributed by atoms with Gasteiger partial charge < -0.3 is 4.84 Å². The van der Waals surface area contributed by atoms with Gasteiger partial charge >= 0.3 is 5.92 Å². The summed E-state index contributed by atoms with van der Waals surface area (Å²) in [6.45, 7) is -3.71. The van der Waals surface area contributed by atoms with Crippen LogP contribution in [0.15, 0.2) is 0 Å². The minimum absolute atomic E-state index is 0.269. The van der Waals surface area contributed by atoms with Gasteiger partial charge in [0.1, 0.15) is 23.0 Å². The SMILES string of the molecule is O=[N+]([O-])OCCN(CC(F)([N+](=O)[O-])[N+](=O)[O-])[N+](=O)[O-]. The average molecular weight is 287 g/mol. The molecular formula is C4H6FN5O9. The molecule has 0 spiro atoms. The molecule has 14 nitrogen and oxygen atoms in total. The molecule has 0 rings (SSSR count). The third kappa shape index (κ3) is 4.48. The van der Waals surface area contributed by atoms with Crippen molar-refractivity contribution < 1.29 is 29.2 Å². The van der Waals surface area contributed by atoms with Gasteiger partial charge in [0.2, 0.25) is 0 Å². The number of hydrogen-bond acceptors (Lipinski definition) is 9. The molecule has 0 radical (unpaired) electrons. The van der Waals surface area contributed by atoms with E-state index in [1.54, 1.807) is 0 Å². The molecular weight excluding hydrogens is 281 g/mol. The van der Waals surface area contributed by atoms with Crippen LogP contribution in [0.2, 0.25) is 0 Å². The summed E-state index contributed by atoms with van der Waals surface area (Å²) in [7, 11) is 0. The number of alkyl halides is 1. The second-order valence-corrected chi connectivity index (χ2v) is 2.92. The second-order valence-electron chi connectivity index (χ2n) is 2.92. The number of nitro groups is 3. The van der Waals surface area contributed by atoms with Crippen molar-refractivity contribution in [1.82, 2.24) is 5.01 Å². The lowest BCUT2D eigenvalue weighted by atomic mass is 10.4. The first-order valence-corrected chi connectivity index (χ1v) is 4.25. The van der Waals surface area contributed by atoms with E-state index in [-0.39, 0.29) is 5.01 Å². The van der Waals surface area contributed by atoms with Crippen LogP contribution in [0.25, 0.3) is 0 Å². The number of rotatable bonds is 9. The molecule has 0 heterocycles. The molecule has 0 aromatic carbocycles. The van der Waals surface area contributed by atoms with Crippen LogP contribution in [0.1, 0.15) is 0 Å². The zero-order valence-electron chi connectivity index (χ0n) is 8.91. The molecule has 0 amide bonds. The van der Waals surface area contributed by atoms with Gasteiger partial charge in [-0.05, 0) is 0 Å². The summed E-state index contributed by atoms with van der Waals surface area (Å²) in [6.07, 6.45) is 0. The zero-order chi connectivity index (χ0) is 15.2. The predicted molar refractivity (Wildman–Crippen MR) is 49.3 cm³/mol. The molecule has 0 aliphatic heterocycles. The monoisotopic (exact) mass is 287 g/mol. The summed E-state index contributed by atoms with van der Waals surface area (Å²) in [5.41, 5.74) is 0. The van der Waals surface area contributed by atoms with E-state index in [1.807, 2.05) is 0 Å². The van der Waals surface area contributed by atoms with Crippen LogP contribution in [-0.2, 0) is 4.84 Å². The molecule has 0 atom stereocenters. The highest BCUT2D eigenvalue weighted by Gasteiger charge is 2.61. The largest absolute Gasteiger partial charge is 0.637 e. The van der Waals surface area contributed by atoms with Gasteiger partial charge in [-0.15, -0.1) is 15.1 Å². The van der Waals surface area contributed by atoms with Crippen molar-refractivity contribution in [3.05, 3.63) is 40.5 Å². The van der Waals surface area contributed by atoms with Crippen LogP contribution in [-0.4, -0.2) is 50.6 Å². The Morgan fingerprint density at radius 3 is 1.84 bits per heavy atom. The van der Waals surface area contributed by atoms with E-state index in [0.717, 1.165) is 0 Å². The van der Waals surface area contributed by atoms with E-state index in [4.69, 9.17) is 0 Å². The van der Waals surface area contributed by atoms with Gasteiger partial charge in [-0.3, -0.25) is 20.2 Å². The zero-order valence-corrected chi connectivity index (χ0v) is 8.91. The van der Waals surface area contributed by atoms with Crippen molar-refractivity contribution in [2.45, 2.75) is 5.92 Å². The maximum absolute atomic E-state index is 13.3. The number of nitrogens with zero attached hydrogens (tertiary/aromatic N) is 5. The first-order chi connectivity index (χ1) is 8.61. The first kappa shape index (κ1) is 16.1. The summed E-state index contributed by atoms with van der Waals surface area (Å²) in [4.78, 5) is 40.3. The fraction of sp³-hybridized carbons (Fsp3) is 1.00. The summed E-state index contributed by atoms with van der Waals surface area (Å²) < 4.78 is 13.3. The molecule has 0 bridgehead atoms. The summed E-state index contributed by atoms with van der Waals surface area (Å²) in [6, 6.07) is 0. The van der Waals surface area contributed by atoms with Crippen molar-refractivity contribution in [3.63, 3.8) is 0 Å². The van der Waals surface area contributed by atoms with Gasteiger partial charge in [-0.2, -0.15) is 0 Å². The highest BCUT2D eigenvalue weighted by Crippen LogP contribution is 2.15. The number of halogens is 1. The molecule has 19 heavy (non-hydrogen) atoms. The van der Waals surface area contributed by atoms with Gasteiger partial charge in [0.05, 0.1) is 0 Å². The molecule has 108 valence electrons. The smallest absolute Gasteiger partial charge is 0.312 e. The van der Waals surface area contributed by atoms with Crippen molar-refractivity contribution in [2.24, 2.45) is 0 Å². The third-order valence-electron chi connectivity index (χ3n) is 1.72. The van der Waals surface area contributed by atoms with E-state index in [1.165, 1.54) is 0 Å². The van der Waals surface area contributed by atoms with Gasteiger partial charge in [0.15, 0.2) is 5.03 Å². The lowest BCUT2D eigenvalue weighted by Crippen LogP contribution is -2.53.